The highest BCUT2D eigenvalue weighted by atomic mass is 16.5. The average molecular weight is 456 g/mol. The second-order valence-corrected chi connectivity index (χ2v) is 8.53. The maximum Gasteiger partial charge on any atom is 0.256 e. The summed E-state index contributed by atoms with van der Waals surface area (Å²) in [6.07, 6.45) is 0. The van der Waals surface area contributed by atoms with Crippen molar-refractivity contribution in [2.24, 2.45) is 0 Å². The van der Waals surface area contributed by atoms with Gasteiger partial charge in [-0.05, 0) is 67.6 Å². The van der Waals surface area contributed by atoms with E-state index in [4.69, 9.17) is 4.74 Å². The van der Waals surface area contributed by atoms with Crippen LogP contribution >= 0.6 is 0 Å². The maximum atomic E-state index is 13.5. The standard InChI is InChI=1S/C28H29N3O3/c1-18-12-19(2)27(20(3)13-18)30-26(32)17-31-25-15-24(34-4)11-10-21(25)14-22(28(31)33)16-29-23-8-6-5-7-9-23/h5-15,29H,16-17H2,1-4H3,(H,30,32). The van der Waals surface area contributed by atoms with Gasteiger partial charge in [0, 0.05) is 29.5 Å². The number of nitrogens with zero attached hydrogens (tertiary/aromatic N) is 1. The summed E-state index contributed by atoms with van der Waals surface area (Å²) in [6, 6.07) is 21.2. The Labute approximate surface area is 199 Å². The number of para-hydroxylation sites is 1. The monoisotopic (exact) mass is 455 g/mol. The molecule has 1 amide bonds. The zero-order valence-corrected chi connectivity index (χ0v) is 19.9. The van der Waals surface area contributed by atoms with Gasteiger partial charge in [-0.3, -0.25) is 14.2 Å². The third-order valence-corrected chi connectivity index (χ3v) is 5.88. The van der Waals surface area contributed by atoms with Crippen LogP contribution in [0.1, 0.15) is 22.3 Å². The molecule has 6 nitrogen and oxygen atoms in total. The van der Waals surface area contributed by atoms with Gasteiger partial charge in [-0.25, -0.2) is 0 Å². The second-order valence-electron chi connectivity index (χ2n) is 8.53. The van der Waals surface area contributed by atoms with Gasteiger partial charge in [0.1, 0.15) is 12.3 Å². The van der Waals surface area contributed by atoms with Crippen LogP contribution in [0.2, 0.25) is 0 Å². The average Bonchev–Trinajstić information content (AvgIpc) is 2.82. The van der Waals surface area contributed by atoms with Crippen molar-refractivity contribution in [2.75, 3.05) is 17.7 Å². The number of amides is 1. The minimum atomic E-state index is -0.255. The van der Waals surface area contributed by atoms with Crippen LogP contribution in [0.5, 0.6) is 5.75 Å². The lowest BCUT2D eigenvalue weighted by atomic mass is 10.1. The molecule has 0 saturated carbocycles. The van der Waals surface area contributed by atoms with Gasteiger partial charge in [0.15, 0.2) is 0 Å². The van der Waals surface area contributed by atoms with Gasteiger partial charge in [-0.2, -0.15) is 0 Å². The summed E-state index contributed by atoms with van der Waals surface area (Å²) >= 11 is 0. The van der Waals surface area contributed by atoms with Gasteiger partial charge >= 0.3 is 0 Å². The molecule has 0 spiro atoms. The number of aryl methyl sites for hydroxylation is 3. The highest BCUT2D eigenvalue weighted by Crippen LogP contribution is 2.23. The van der Waals surface area contributed by atoms with Crippen molar-refractivity contribution in [3.8, 4) is 5.75 Å². The maximum absolute atomic E-state index is 13.5. The minimum Gasteiger partial charge on any atom is -0.497 e. The topological polar surface area (TPSA) is 72.4 Å². The summed E-state index contributed by atoms with van der Waals surface area (Å²) < 4.78 is 6.89. The zero-order valence-electron chi connectivity index (χ0n) is 19.9. The summed E-state index contributed by atoms with van der Waals surface area (Å²) in [5.74, 6) is 0.371. The number of carbonyl (C=O) groups is 1. The molecule has 34 heavy (non-hydrogen) atoms. The van der Waals surface area contributed by atoms with Crippen molar-refractivity contribution in [3.63, 3.8) is 0 Å². The Morgan fingerprint density at radius 2 is 1.65 bits per heavy atom. The third-order valence-electron chi connectivity index (χ3n) is 5.88. The lowest BCUT2D eigenvalue weighted by Gasteiger charge is -2.16. The van der Waals surface area contributed by atoms with Gasteiger partial charge in [0.05, 0.1) is 12.6 Å². The normalized spacial score (nSPS) is 10.8. The molecule has 0 atom stereocenters. The number of hydrogen-bond acceptors (Lipinski definition) is 4. The van der Waals surface area contributed by atoms with E-state index in [-0.39, 0.29) is 18.0 Å². The molecule has 4 rings (SSSR count). The van der Waals surface area contributed by atoms with Gasteiger partial charge in [-0.1, -0.05) is 35.9 Å². The molecule has 1 aromatic heterocycles. The number of anilines is 2. The number of methoxy groups -OCH3 is 1. The number of hydrogen-bond donors (Lipinski definition) is 2. The van der Waals surface area contributed by atoms with Crippen molar-refractivity contribution < 1.29 is 9.53 Å². The first-order valence-corrected chi connectivity index (χ1v) is 11.2. The minimum absolute atomic E-state index is 0.103. The fourth-order valence-corrected chi connectivity index (χ4v) is 4.28. The SMILES string of the molecule is COc1ccc2cc(CNc3ccccc3)c(=O)n(CC(=O)Nc3c(C)cc(C)cc3C)c2c1. The number of benzene rings is 3. The quantitative estimate of drug-likeness (QED) is 0.402. The van der Waals surface area contributed by atoms with E-state index in [2.05, 4.69) is 10.6 Å². The first-order valence-electron chi connectivity index (χ1n) is 11.2. The van der Waals surface area contributed by atoms with E-state index in [0.29, 0.717) is 23.4 Å². The number of pyridine rings is 1. The van der Waals surface area contributed by atoms with Crippen molar-refractivity contribution in [3.05, 3.63) is 99.3 Å². The Morgan fingerprint density at radius 1 is 0.941 bits per heavy atom. The van der Waals surface area contributed by atoms with E-state index in [1.54, 1.807) is 13.2 Å². The number of ether oxygens (including phenoxy) is 1. The molecule has 2 N–H and O–H groups in total. The molecule has 3 aromatic carbocycles. The highest BCUT2D eigenvalue weighted by Gasteiger charge is 2.15. The predicted molar refractivity (Wildman–Crippen MR) is 138 cm³/mol. The molecule has 0 aliphatic heterocycles. The van der Waals surface area contributed by atoms with Crippen LogP contribution in [-0.2, 0) is 17.9 Å². The molecule has 4 aromatic rings. The lowest BCUT2D eigenvalue weighted by molar-refractivity contribution is -0.116. The Balaban J connectivity index is 1.70. The van der Waals surface area contributed by atoms with Gasteiger partial charge in [0.2, 0.25) is 5.91 Å². The van der Waals surface area contributed by atoms with Crippen LogP contribution in [0.15, 0.2) is 71.5 Å². The number of aromatic nitrogens is 1. The van der Waals surface area contributed by atoms with Gasteiger partial charge in [-0.15, -0.1) is 0 Å². The number of rotatable bonds is 7. The van der Waals surface area contributed by atoms with Crippen LogP contribution in [0.4, 0.5) is 11.4 Å². The molecule has 0 bridgehead atoms. The Morgan fingerprint density at radius 3 is 2.32 bits per heavy atom. The molecular formula is C28H29N3O3. The molecular weight excluding hydrogens is 426 g/mol. The summed E-state index contributed by atoms with van der Waals surface area (Å²) in [7, 11) is 1.58. The molecule has 174 valence electrons. The van der Waals surface area contributed by atoms with Crippen LogP contribution < -0.4 is 20.9 Å². The molecule has 0 unspecified atom stereocenters. The van der Waals surface area contributed by atoms with E-state index in [0.717, 1.165) is 33.5 Å². The van der Waals surface area contributed by atoms with Crippen molar-refractivity contribution in [1.29, 1.82) is 0 Å². The number of fused-ring (bicyclic) bond motifs is 1. The number of carbonyl (C=O) groups excluding carboxylic acids is 1. The molecule has 1 heterocycles. The Kier molecular flexibility index (Phi) is 6.68. The predicted octanol–water partition coefficient (Wildman–Crippen LogP) is 5.19. The fraction of sp³-hybridized carbons (Fsp3) is 0.214. The Bertz CT molecular complexity index is 1390. The molecule has 0 radical (unpaired) electrons. The van der Waals surface area contributed by atoms with Crippen molar-refractivity contribution >= 4 is 28.2 Å². The van der Waals surface area contributed by atoms with Crippen LogP contribution in [-0.4, -0.2) is 17.6 Å². The smallest absolute Gasteiger partial charge is 0.256 e. The zero-order chi connectivity index (χ0) is 24.2. The van der Waals surface area contributed by atoms with Crippen molar-refractivity contribution in [1.82, 2.24) is 4.57 Å². The summed E-state index contributed by atoms with van der Waals surface area (Å²) in [5.41, 5.74) is 5.85. The summed E-state index contributed by atoms with van der Waals surface area (Å²) in [6.45, 7) is 6.21. The van der Waals surface area contributed by atoms with Crippen LogP contribution in [0.25, 0.3) is 10.9 Å². The molecule has 6 heteroatoms. The van der Waals surface area contributed by atoms with E-state index >= 15 is 0 Å². The lowest BCUT2D eigenvalue weighted by Crippen LogP contribution is -2.31. The first-order chi connectivity index (χ1) is 16.4. The van der Waals surface area contributed by atoms with E-state index < -0.39 is 0 Å². The Hall–Kier alpha value is -4.06. The molecule has 0 aliphatic carbocycles. The highest BCUT2D eigenvalue weighted by molar-refractivity contribution is 5.93. The molecule has 0 saturated heterocycles. The van der Waals surface area contributed by atoms with Gasteiger partial charge < -0.3 is 15.4 Å². The summed E-state index contributed by atoms with van der Waals surface area (Å²) in [4.78, 5) is 26.6. The summed E-state index contributed by atoms with van der Waals surface area (Å²) in [5, 5.41) is 7.16. The van der Waals surface area contributed by atoms with Crippen molar-refractivity contribution in [2.45, 2.75) is 33.9 Å². The number of nitrogens with one attached hydrogen (secondary N) is 2. The molecule has 0 aliphatic rings. The third kappa shape index (κ3) is 4.96. The van der Waals surface area contributed by atoms with Crippen LogP contribution in [0.3, 0.4) is 0 Å². The first kappa shape index (κ1) is 23.1. The largest absolute Gasteiger partial charge is 0.497 e. The fourth-order valence-electron chi connectivity index (χ4n) is 4.28. The van der Waals surface area contributed by atoms with Gasteiger partial charge in [0.25, 0.3) is 5.56 Å². The van der Waals surface area contributed by atoms with E-state index in [1.807, 2.05) is 81.4 Å². The second kappa shape index (κ2) is 9.83. The van der Waals surface area contributed by atoms with E-state index in [1.165, 1.54) is 4.57 Å². The van der Waals surface area contributed by atoms with E-state index in [9.17, 15) is 9.59 Å². The molecule has 0 fully saturated rings. The van der Waals surface area contributed by atoms with Crippen LogP contribution in [0, 0.1) is 20.8 Å².